The molecule has 0 fully saturated rings. The van der Waals surface area contributed by atoms with Gasteiger partial charge in [-0.05, 0) is 42.8 Å². The first-order valence-electron chi connectivity index (χ1n) is 8.18. The van der Waals surface area contributed by atoms with Crippen LogP contribution < -0.4 is 5.32 Å². The minimum Gasteiger partial charge on any atom is -0.321 e. The van der Waals surface area contributed by atoms with E-state index in [1.54, 1.807) is 12.1 Å². The quantitative estimate of drug-likeness (QED) is 0.562. The van der Waals surface area contributed by atoms with Crippen LogP contribution in [0, 0.1) is 12.7 Å². The number of nitrogens with zero attached hydrogens (tertiary/aromatic N) is 2. The van der Waals surface area contributed by atoms with Gasteiger partial charge in [0.05, 0.1) is 17.1 Å². The Morgan fingerprint density at radius 3 is 2.62 bits per heavy atom. The van der Waals surface area contributed by atoms with Gasteiger partial charge in [-0.15, -0.1) is 11.3 Å². The van der Waals surface area contributed by atoms with Gasteiger partial charge in [0, 0.05) is 11.1 Å². The maximum Gasteiger partial charge on any atom is 0.265 e. The van der Waals surface area contributed by atoms with Crippen LogP contribution >= 0.6 is 11.3 Å². The van der Waals surface area contributed by atoms with E-state index in [1.165, 1.54) is 23.5 Å². The highest BCUT2D eigenvalue weighted by atomic mass is 32.1. The highest BCUT2D eigenvalue weighted by Crippen LogP contribution is 2.29. The molecule has 1 N–H and O–H groups in total. The Balaban J connectivity index is 1.61. The van der Waals surface area contributed by atoms with Crippen molar-refractivity contribution in [2.24, 2.45) is 0 Å². The molecule has 0 aliphatic heterocycles. The highest BCUT2D eigenvalue weighted by molar-refractivity contribution is 7.20. The average Bonchev–Trinajstić information content (AvgIpc) is 3.20. The predicted octanol–water partition coefficient (Wildman–Crippen LogP) is 4.85. The molecule has 0 atom stereocenters. The van der Waals surface area contributed by atoms with E-state index in [-0.39, 0.29) is 11.7 Å². The number of carbonyl (C=O) groups excluding carboxylic acids is 1. The van der Waals surface area contributed by atoms with Gasteiger partial charge in [-0.3, -0.25) is 9.48 Å². The highest BCUT2D eigenvalue weighted by Gasteiger charge is 2.16. The molecule has 4 rings (SSSR count). The van der Waals surface area contributed by atoms with E-state index >= 15 is 0 Å². The summed E-state index contributed by atoms with van der Waals surface area (Å²) in [5.74, 6) is -0.537. The molecule has 0 unspecified atom stereocenters. The summed E-state index contributed by atoms with van der Waals surface area (Å²) in [6, 6.07) is 17.7. The van der Waals surface area contributed by atoms with Gasteiger partial charge >= 0.3 is 0 Å². The van der Waals surface area contributed by atoms with Crippen molar-refractivity contribution < 1.29 is 9.18 Å². The SMILES string of the molecule is Cc1nn(Cc2ccccc2)c2sc(C(=O)Nc3ccc(F)cc3)cc12. The molecule has 2 heterocycles. The third-order valence-electron chi connectivity index (χ3n) is 4.11. The standard InChI is InChI=1S/C20H16FN3OS/c1-13-17-11-18(19(25)22-16-9-7-15(21)8-10-16)26-20(17)24(23-13)12-14-5-3-2-4-6-14/h2-11H,12H2,1H3,(H,22,25). The Morgan fingerprint density at radius 2 is 1.88 bits per heavy atom. The van der Waals surface area contributed by atoms with Crippen molar-refractivity contribution in [1.82, 2.24) is 9.78 Å². The van der Waals surface area contributed by atoms with Crippen LogP contribution in [0.3, 0.4) is 0 Å². The fraction of sp³-hybridized carbons (Fsp3) is 0.100. The first-order valence-corrected chi connectivity index (χ1v) is 8.99. The van der Waals surface area contributed by atoms with Crippen LogP contribution in [-0.4, -0.2) is 15.7 Å². The van der Waals surface area contributed by atoms with Gasteiger partial charge in [0.1, 0.15) is 10.6 Å². The molecule has 0 spiro atoms. The smallest absolute Gasteiger partial charge is 0.265 e. The van der Waals surface area contributed by atoms with Gasteiger partial charge in [0.15, 0.2) is 0 Å². The Hall–Kier alpha value is -2.99. The van der Waals surface area contributed by atoms with E-state index in [0.29, 0.717) is 17.1 Å². The second-order valence-electron chi connectivity index (χ2n) is 6.02. The molecule has 1 amide bonds. The lowest BCUT2D eigenvalue weighted by Crippen LogP contribution is -2.10. The van der Waals surface area contributed by atoms with E-state index in [9.17, 15) is 9.18 Å². The third-order valence-corrected chi connectivity index (χ3v) is 5.26. The van der Waals surface area contributed by atoms with Crippen LogP contribution in [0.15, 0.2) is 60.7 Å². The lowest BCUT2D eigenvalue weighted by Gasteiger charge is -2.04. The van der Waals surface area contributed by atoms with E-state index in [4.69, 9.17) is 0 Å². The molecule has 0 saturated heterocycles. The predicted molar refractivity (Wildman–Crippen MR) is 102 cm³/mol. The van der Waals surface area contributed by atoms with Crippen LogP contribution in [0.5, 0.6) is 0 Å². The molecule has 0 radical (unpaired) electrons. The fourth-order valence-corrected chi connectivity index (χ4v) is 3.87. The number of amides is 1. The van der Waals surface area contributed by atoms with E-state index in [2.05, 4.69) is 22.5 Å². The summed E-state index contributed by atoms with van der Waals surface area (Å²) in [6.07, 6.45) is 0. The number of aromatic nitrogens is 2. The van der Waals surface area contributed by atoms with Crippen molar-refractivity contribution in [1.29, 1.82) is 0 Å². The molecule has 26 heavy (non-hydrogen) atoms. The molecule has 0 aliphatic carbocycles. The molecule has 2 aromatic heterocycles. The van der Waals surface area contributed by atoms with E-state index in [1.807, 2.05) is 35.9 Å². The third kappa shape index (κ3) is 3.23. The molecule has 0 bridgehead atoms. The van der Waals surface area contributed by atoms with Crippen LogP contribution in [0.25, 0.3) is 10.2 Å². The monoisotopic (exact) mass is 365 g/mol. The molecule has 0 aliphatic rings. The molecule has 0 saturated carbocycles. The summed E-state index contributed by atoms with van der Waals surface area (Å²) in [7, 11) is 0. The Labute approximate surface area is 153 Å². The van der Waals surface area contributed by atoms with Crippen molar-refractivity contribution in [2.75, 3.05) is 5.32 Å². The van der Waals surface area contributed by atoms with Crippen molar-refractivity contribution in [2.45, 2.75) is 13.5 Å². The molecule has 6 heteroatoms. The van der Waals surface area contributed by atoms with Gasteiger partial charge in [-0.2, -0.15) is 5.10 Å². The van der Waals surface area contributed by atoms with Gasteiger partial charge in [-0.25, -0.2) is 4.39 Å². The number of thiophene rings is 1. The van der Waals surface area contributed by atoms with E-state index in [0.717, 1.165) is 21.5 Å². The summed E-state index contributed by atoms with van der Waals surface area (Å²) >= 11 is 1.41. The van der Waals surface area contributed by atoms with Crippen molar-refractivity contribution >= 4 is 33.1 Å². The first-order chi connectivity index (χ1) is 12.6. The Morgan fingerprint density at radius 1 is 1.15 bits per heavy atom. The molecular formula is C20H16FN3OS. The van der Waals surface area contributed by atoms with Crippen LogP contribution in [-0.2, 0) is 6.54 Å². The zero-order valence-electron chi connectivity index (χ0n) is 14.1. The Kier molecular flexibility index (Phi) is 4.26. The zero-order valence-corrected chi connectivity index (χ0v) is 14.9. The number of halogens is 1. The summed E-state index contributed by atoms with van der Waals surface area (Å²) in [6.45, 7) is 2.60. The number of hydrogen-bond acceptors (Lipinski definition) is 3. The van der Waals surface area contributed by atoms with Crippen molar-refractivity contribution in [3.05, 3.63) is 82.6 Å². The van der Waals surface area contributed by atoms with Gasteiger partial charge in [0.25, 0.3) is 5.91 Å². The number of nitrogens with one attached hydrogen (secondary N) is 1. The Bertz CT molecular complexity index is 1070. The number of rotatable bonds is 4. The topological polar surface area (TPSA) is 46.9 Å². The van der Waals surface area contributed by atoms with Gasteiger partial charge < -0.3 is 5.32 Å². The van der Waals surface area contributed by atoms with Crippen molar-refractivity contribution in [3.63, 3.8) is 0 Å². The largest absolute Gasteiger partial charge is 0.321 e. The lowest BCUT2D eigenvalue weighted by atomic mass is 10.2. The average molecular weight is 365 g/mol. The molecule has 4 aromatic rings. The molecular weight excluding hydrogens is 349 g/mol. The summed E-state index contributed by atoms with van der Waals surface area (Å²) in [5.41, 5.74) is 2.62. The summed E-state index contributed by atoms with van der Waals surface area (Å²) < 4.78 is 14.9. The minimum atomic E-state index is -0.332. The number of carbonyl (C=O) groups is 1. The lowest BCUT2D eigenvalue weighted by molar-refractivity contribution is 0.103. The fourth-order valence-electron chi connectivity index (χ4n) is 2.81. The van der Waals surface area contributed by atoms with Crippen LogP contribution in [0.1, 0.15) is 20.9 Å². The van der Waals surface area contributed by atoms with Crippen molar-refractivity contribution in [3.8, 4) is 0 Å². The van der Waals surface area contributed by atoms with Crippen LogP contribution in [0.2, 0.25) is 0 Å². The number of benzene rings is 2. The second-order valence-corrected chi connectivity index (χ2v) is 7.05. The van der Waals surface area contributed by atoms with Gasteiger partial charge in [0.2, 0.25) is 0 Å². The molecule has 130 valence electrons. The number of hydrogen-bond donors (Lipinski definition) is 1. The molecule has 4 nitrogen and oxygen atoms in total. The number of anilines is 1. The number of aryl methyl sites for hydroxylation is 1. The second kappa shape index (κ2) is 6.72. The van der Waals surface area contributed by atoms with E-state index < -0.39 is 0 Å². The van der Waals surface area contributed by atoms with Crippen LogP contribution in [0.4, 0.5) is 10.1 Å². The minimum absolute atomic E-state index is 0.205. The first kappa shape index (κ1) is 16.5. The summed E-state index contributed by atoms with van der Waals surface area (Å²) in [5, 5.41) is 8.37. The molecule has 2 aromatic carbocycles. The number of fused-ring (bicyclic) bond motifs is 1. The maximum absolute atomic E-state index is 13.0. The normalized spacial score (nSPS) is 11.0. The summed E-state index contributed by atoms with van der Waals surface area (Å²) in [4.78, 5) is 14.1. The maximum atomic E-state index is 13.0. The zero-order chi connectivity index (χ0) is 18.1. The van der Waals surface area contributed by atoms with Gasteiger partial charge in [-0.1, -0.05) is 30.3 Å².